The van der Waals surface area contributed by atoms with Crippen LogP contribution in [0.3, 0.4) is 0 Å². The molecule has 6 nitrogen and oxygen atoms in total. The molecule has 6 heteroatoms. The topological polar surface area (TPSA) is 61.7 Å². The summed E-state index contributed by atoms with van der Waals surface area (Å²) in [5.74, 6) is 0. The van der Waals surface area contributed by atoms with Crippen molar-refractivity contribution < 1.29 is 4.92 Å². The fraction of sp³-hybridized carbons (Fsp3) is 0.600. The van der Waals surface area contributed by atoms with Gasteiger partial charge in [-0.15, -0.1) is 0 Å². The van der Waals surface area contributed by atoms with E-state index in [1.165, 1.54) is 6.07 Å². The summed E-state index contributed by atoms with van der Waals surface area (Å²) in [4.78, 5) is 15.1. The molecular weight excluding hydrogens is 268 g/mol. The van der Waals surface area contributed by atoms with Crippen LogP contribution in [0.2, 0.25) is 0 Å². The van der Waals surface area contributed by atoms with Crippen LogP contribution in [0.4, 0.5) is 11.4 Å². The molecule has 0 heterocycles. The molecule has 118 valence electrons. The summed E-state index contributed by atoms with van der Waals surface area (Å²) < 4.78 is 0. The van der Waals surface area contributed by atoms with Crippen molar-refractivity contribution in [3.63, 3.8) is 0 Å². The lowest BCUT2D eigenvalue weighted by atomic mass is 10.1. The molecule has 0 atom stereocenters. The molecule has 1 N–H and O–H groups in total. The molecular formula is C15H26N4O2. The molecule has 0 aliphatic heterocycles. The molecule has 0 radical (unpaired) electrons. The third-order valence-corrected chi connectivity index (χ3v) is 3.49. The Labute approximate surface area is 126 Å². The fourth-order valence-corrected chi connectivity index (χ4v) is 2.27. The minimum absolute atomic E-state index is 0.147. The van der Waals surface area contributed by atoms with Gasteiger partial charge in [-0.2, -0.15) is 0 Å². The van der Waals surface area contributed by atoms with E-state index in [1.807, 2.05) is 7.05 Å². The normalized spacial score (nSPS) is 11.1. The van der Waals surface area contributed by atoms with Gasteiger partial charge in [-0.05, 0) is 51.8 Å². The predicted octanol–water partition coefficient (Wildman–Crippen LogP) is 2.41. The van der Waals surface area contributed by atoms with Crippen LogP contribution in [0.25, 0.3) is 0 Å². The van der Waals surface area contributed by atoms with Crippen molar-refractivity contribution in [2.45, 2.75) is 19.9 Å². The molecule has 1 aromatic rings. The number of hydrogen-bond donors (Lipinski definition) is 1. The van der Waals surface area contributed by atoms with Gasteiger partial charge in [0.25, 0.3) is 5.69 Å². The number of nitrogens with zero attached hydrogens (tertiary/aromatic N) is 3. The molecule has 0 unspecified atom stereocenters. The number of nitrogens with one attached hydrogen (secondary N) is 1. The van der Waals surface area contributed by atoms with E-state index < -0.39 is 0 Å². The molecule has 1 rings (SSSR count). The monoisotopic (exact) mass is 294 g/mol. The van der Waals surface area contributed by atoms with Gasteiger partial charge in [-0.25, -0.2) is 0 Å². The van der Waals surface area contributed by atoms with Crippen molar-refractivity contribution >= 4 is 11.4 Å². The first-order valence-electron chi connectivity index (χ1n) is 7.30. The van der Waals surface area contributed by atoms with Crippen molar-refractivity contribution in [3.05, 3.63) is 33.9 Å². The maximum atomic E-state index is 10.9. The third-order valence-electron chi connectivity index (χ3n) is 3.49. The van der Waals surface area contributed by atoms with Crippen LogP contribution in [0.1, 0.15) is 18.9 Å². The number of anilines is 1. The van der Waals surface area contributed by atoms with E-state index in [0.717, 1.165) is 43.9 Å². The van der Waals surface area contributed by atoms with Crippen molar-refractivity contribution in [2.24, 2.45) is 0 Å². The van der Waals surface area contributed by atoms with Gasteiger partial charge in [0.15, 0.2) is 0 Å². The third kappa shape index (κ3) is 5.69. The number of rotatable bonds is 9. The summed E-state index contributed by atoms with van der Waals surface area (Å²) in [6.45, 7) is 5.80. The second kappa shape index (κ2) is 8.59. The lowest BCUT2D eigenvalue weighted by Crippen LogP contribution is -2.27. The van der Waals surface area contributed by atoms with Crippen molar-refractivity contribution in [1.29, 1.82) is 0 Å². The molecule has 0 amide bonds. The summed E-state index contributed by atoms with van der Waals surface area (Å²) in [7, 11) is 5.97. The molecule has 0 aromatic heterocycles. The molecule has 21 heavy (non-hydrogen) atoms. The van der Waals surface area contributed by atoms with E-state index in [1.54, 1.807) is 12.1 Å². The highest BCUT2D eigenvalue weighted by atomic mass is 16.6. The average molecular weight is 294 g/mol. The number of non-ortho nitro benzene ring substituents is 1. The molecule has 0 bridgehead atoms. The summed E-state index contributed by atoms with van der Waals surface area (Å²) >= 11 is 0. The summed E-state index contributed by atoms with van der Waals surface area (Å²) in [6, 6.07) is 4.99. The average Bonchev–Trinajstić information content (AvgIpc) is 2.45. The van der Waals surface area contributed by atoms with Gasteiger partial charge in [-0.1, -0.05) is 6.92 Å². The van der Waals surface area contributed by atoms with Gasteiger partial charge in [0.2, 0.25) is 0 Å². The number of nitro groups is 1. The molecule has 0 saturated carbocycles. The second-order valence-electron chi connectivity index (χ2n) is 5.37. The Morgan fingerprint density at radius 3 is 2.52 bits per heavy atom. The Hall–Kier alpha value is -1.66. The van der Waals surface area contributed by atoms with Crippen molar-refractivity contribution in [3.8, 4) is 0 Å². The molecule has 0 saturated heterocycles. The SMILES string of the molecule is CCN(CCCN(C)C)Cc1cc([N+](=O)[O-])ccc1NC. The minimum Gasteiger partial charge on any atom is -0.388 e. The van der Waals surface area contributed by atoms with E-state index in [4.69, 9.17) is 0 Å². The first-order chi connectivity index (χ1) is 9.97. The first kappa shape index (κ1) is 17.4. The van der Waals surface area contributed by atoms with Crippen LogP contribution in [0.15, 0.2) is 18.2 Å². The Morgan fingerprint density at radius 2 is 2.00 bits per heavy atom. The molecule has 0 fully saturated rings. The largest absolute Gasteiger partial charge is 0.388 e. The maximum Gasteiger partial charge on any atom is 0.269 e. The van der Waals surface area contributed by atoms with Crippen LogP contribution in [0, 0.1) is 10.1 Å². The molecule has 0 aliphatic rings. The number of benzene rings is 1. The molecule has 0 spiro atoms. The van der Waals surface area contributed by atoms with Crippen molar-refractivity contribution in [1.82, 2.24) is 9.80 Å². The van der Waals surface area contributed by atoms with E-state index in [2.05, 4.69) is 36.1 Å². The number of nitro benzene ring substituents is 1. The smallest absolute Gasteiger partial charge is 0.269 e. The van der Waals surface area contributed by atoms with Gasteiger partial charge >= 0.3 is 0 Å². The van der Waals surface area contributed by atoms with E-state index in [9.17, 15) is 10.1 Å². The highest BCUT2D eigenvalue weighted by Crippen LogP contribution is 2.23. The highest BCUT2D eigenvalue weighted by molar-refractivity contribution is 5.55. The molecule has 0 aliphatic carbocycles. The van der Waals surface area contributed by atoms with E-state index in [-0.39, 0.29) is 10.6 Å². The Kier molecular flexibility index (Phi) is 7.11. The van der Waals surface area contributed by atoms with Crippen LogP contribution in [0.5, 0.6) is 0 Å². The van der Waals surface area contributed by atoms with Gasteiger partial charge < -0.3 is 10.2 Å². The van der Waals surface area contributed by atoms with Crippen LogP contribution in [-0.4, -0.2) is 55.5 Å². The summed E-state index contributed by atoms with van der Waals surface area (Å²) in [5, 5.41) is 14.0. The predicted molar refractivity (Wildman–Crippen MR) is 86.8 cm³/mol. The van der Waals surface area contributed by atoms with Gasteiger partial charge in [-0.3, -0.25) is 15.0 Å². The fourth-order valence-electron chi connectivity index (χ4n) is 2.27. The lowest BCUT2D eigenvalue weighted by molar-refractivity contribution is -0.384. The second-order valence-corrected chi connectivity index (χ2v) is 5.37. The number of hydrogen-bond acceptors (Lipinski definition) is 5. The van der Waals surface area contributed by atoms with Gasteiger partial charge in [0.1, 0.15) is 0 Å². The maximum absolute atomic E-state index is 10.9. The first-order valence-corrected chi connectivity index (χ1v) is 7.30. The van der Waals surface area contributed by atoms with Gasteiger partial charge in [0, 0.05) is 31.4 Å². The van der Waals surface area contributed by atoms with E-state index in [0.29, 0.717) is 0 Å². The lowest BCUT2D eigenvalue weighted by Gasteiger charge is -2.22. The quantitative estimate of drug-likeness (QED) is 0.560. The highest BCUT2D eigenvalue weighted by Gasteiger charge is 2.12. The van der Waals surface area contributed by atoms with Crippen molar-refractivity contribution in [2.75, 3.05) is 46.1 Å². The minimum atomic E-state index is -0.342. The zero-order valence-corrected chi connectivity index (χ0v) is 13.4. The standard InChI is InChI=1S/C15H26N4O2/c1-5-18(10-6-9-17(3)4)12-13-11-14(19(20)21)7-8-15(13)16-2/h7-8,11,16H,5-6,9-10,12H2,1-4H3. The molecule has 1 aromatic carbocycles. The van der Waals surface area contributed by atoms with Crippen LogP contribution >= 0.6 is 0 Å². The Balaban J connectivity index is 2.77. The van der Waals surface area contributed by atoms with Crippen LogP contribution in [-0.2, 0) is 6.54 Å². The summed E-state index contributed by atoms with van der Waals surface area (Å²) in [6.07, 6.45) is 1.09. The van der Waals surface area contributed by atoms with Gasteiger partial charge in [0.05, 0.1) is 4.92 Å². The zero-order chi connectivity index (χ0) is 15.8. The Bertz CT molecular complexity index is 463. The Morgan fingerprint density at radius 1 is 1.29 bits per heavy atom. The van der Waals surface area contributed by atoms with E-state index >= 15 is 0 Å². The summed E-state index contributed by atoms with van der Waals surface area (Å²) in [5.41, 5.74) is 2.07. The van der Waals surface area contributed by atoms with Crippen LogP contribution < -0.4 is 5.32 Å². The zero-order valence-electron chi connectivity index (χ0n) is 13.4.